The van der Waals surface area contributed by atoms with Gasteiger partial charge in [0.15, 0.2) is 0 Å². The number of benzene rings is 3. The molecule has 142 valence electrons. The Morgan fingerprint density at radius 2 is 1.93 bits per heavy atom. The van der Waals surface area contributed by atoms with Crippen molar-refractivity contribution in [2.24, 2.45) is 0 Å². The van der Waals surface area contributed by atoms with E-state index in [2.05, 4.69) is 70.3 Å². The predicted octanol–water partition coefficient (Wildman–Crippen LogP) is 6.55. The van der Waals surface area contributed by atoms with Crippen LogP contribution in [0.1, 0.15) is 24.8 Å². The van der Waals surface area contributed by atoms with Crippen LogP contribution in [0.25, 0.3) is 16.3 Å². The highest BCUT2D eigenvalue weighted by Crippen LogP contribution is 2.47. The van der Waals surface area contributed by atoms with Gasteiger partial charge in [-0.3, -0.25) is 0 Å². The number of halogens is 1. The maximum Gasteiger partial charge on any atom is 0.0564 e. The molecule has 4 heteroatoms. The van der Waals surface area contributed by atoms with Gasteiger partial charge in [0.05, 0.1) is 5.69 Å². The molecular formula is C24H23ClN2S. The van der Waals surface area contributed by atoms with Crippen LogP contribution in [0.5, 0.6) is 0 Å². The van der Waals surface area contributed by atoms with Gasteiger partial charge in [-0.25, -0.2) is 0 Å². The van der Waals surface area contributed by atoms with E-state index >= 15 is 0 Å². The molecule has 0 fully saturated rings. The van der Waals surface area contributed by atoms with Gasteiger partial charge in [0.25, 0.3) is 0 Å². The maximum absolute atomic E-state index is 6.41. The van der Waals surface area contributed by atoms with Gasteiger partial charge in [-0.05, 0) is 60.5 Å². The molecule has 0 bridgehead atoms. The average molecular weight is 407 g/mol. The number of hydrogen-bond acceptors (Lipinski definition) is 3. The molecule has 5 rings (SSSR count). The quantitative estimate of drug-likeness (QED) is 0.484. The monoisotopic (exact) mass is 406 g/mol. The fourth-order valence-corrected chi connectivity index (χ4v) is 5.65. The van der Waals surface area contributed by atoms with Crippen LogP contribution < -0.4 is 9.62 Å². The van der Waals surface area contributed by atoms with E-state index < -0.39 is 0 Å². The first-order valence-electron chi connectivity index (χ1n) is 9.94. The molecule has 0 saturated heterocycles. The lowest BCUT2D eigenvalue weighted by Crippen LogP contribution is -2.33. The molecule has 0 radical (unpaired) electrons. The number of nitrogens with zero attached hydrogens (tertiary/aromatic N) is 1. The van der Waals surface area contributed by atoms with Crippen molar-refractivity contribution in [1.82, 2.24) is 5.32 Å². The zero-order chi connectivity index (χ0) is 18.9. The van der Waals surface area contributed by atoms with Crippen molar-refractivity contribution in [2.75, 3.05) is 17.4 Å². The summed E-state index contributed by atoms with van der Waals surface area (Å²) in [5.74, 6) is 0. The number of hydrogen-bond donors (Lipinski definition) is 1. The van der Waals surface area contributed by atoms with Gasteiger partial charge >= 0.3 is 0 Å². The van der Waals surface area contributed by atoms with Crippen LogP contribution in [0.3, 0.4) is 0 Å². The minimum atomic E-state index is 0.556. The van der Waals surface area contributed by atoms with Crippen LogP contribution in [0.4, 0.5) is 5.69 Å². The van der Waals surface area contributed by atoms with Crippen LogP contribution in [0.2, 0.25) is 5.02 Å². The topological polar surface area (TPSA) is 15.3 Å². The fraction of sp³-hybridized carbons (Fsp3) is 0.250. The Labute approximate surface area is 175 Å². The first kappa shape index (κ1) is 18.1. The molecule has 0 saturated carbocycles. The normalized spacial score (nSPS) is 18.5. The van der Waals surface area contributed by atoms with Crippen molar-refractivity contribution >= 4 is 45.6 Å². The van der Waals surface area contributed by atoms with Gasteiger partial charge in [-0.15, -0.1) is 0 Å². The first-order valence-corrected chi connectivity index (χ1v) is 11.1. The zero-order valence-electron chi connectivity index (χ0n) is 15.7. The number of anilines is 1. The molecule has 2 heterocycles. The summed E-state index contributed by atoms with van der Waals surface area (Å²) >= 11 is 8.26. The summed E-state index contributed by atoms with van der Waals surface area (Å²) in [6, 6.07) is 22.0. The minimum Gasteiger partial charge on any atom is -0.311 e. The summed E-state index contributed by atoms with van der Waals surface area (Å²) in [5.41, 5.74) is 4.15. The van der Waals surface area contributed by atoms with Crippen molar-refractivity contribution in [3.8, 4) is 0 Å². The third kappa shape index (κ3) is 3.43. The minimum absolute atomic E-state index is 0.556. The number of nitrogens with one attached hydrogen (secondary N) is 1. The second-order valence-corrected chi connectivity index (χ2v) is 8.96. The molecule has 2 aliphatic heterocycles. The summed E-state index contributed by atoms with van der Waals surface area (Å²) in [7, 11) is 0. The Bertz CT molecular complexity index is 1030. The summed E-state index contributed by atoms with van der Waals surface area (Å²) in [6.45, 7) is 2.02. The molecule has 3 aromatic rings. The Morgan fingerprint density at radius 1 is 1.04 bits per heavy atom. The van der Waals surface area contributed by atoms with E-state index in [0.717, 1.165) is 24.5 Å². The van der Waals surface area contributed by atoms with Gasteiger partial charge in [0, 0.05) is 39.8 Å². The third-order valence-corrected chi connectivity index (χ3v) is 7.15. The third-order valence-electron chi connectivity index (χ3n) is 5.68. The van der Waals surface area contributed by atoms with E-state index in [9.17, 15) is 0 Å². The van der Waals surface area contributed by atoms with Crippen molar-refractivity contribution in [1.29, 1.82) is 0 Å². The van der Waals surface area contributed by atoms with E-state index in [0.29, 0.717) is 6.04 Å². The van der Waals surface area contributed by atoms with Gasteiger partial charge in [-0.2, -0.15) is 0 Å². The average Bonchev–Trinajstić information content (AvgIpc) is 3.10. The molecule has 1 unspecified atom stereocenters. The Balaban J connectivity index is 1.22. The zero-order valence-corrected chi connectivity index (χ0v) is 17.3. The van der Waals surface area contributed by atoms with Crippen molar-refractivity contribution in [3.05, 3.63) is 77.3 Å². The van der Waals surface area contributed by atoms with E-state index in [1.165, 1.54) is 45.3 Å². The second kappa shape index (κ2) is 7.82. The van der Waals surface area contributed by atoms with Crippen molar-refractivity contribution in [3.63, 3.8) is 0 Å². The molecule has 2 aliphatic rings. The standard InChI is InChI=1S/C24H23ClN2S/c25-21-11-12-22-24-20(21)9-4-10-23(24)28-27(22)15-5-8-19-16-18(13-14-26-19)17-6-2-1-3-7-17/h1-4,6-7,9-13,19,26H,5,8,14-16H2. The van der Waals surface area contributed by atoms with Crippen LogP contribution in [-0.4, -0.2) is 19.1 Å². The summed E-state index contributed by atoms with van der Waals surface area (Å²) in [6.07, 6.45) is 5.81. The highest BCUT2D eigenvalue weighted by atomic mass is 35.5. The highest BCUT2D eigenvalue weighted by molar-refractivity contribution is 8.01. The molecule has 1 atom stereocenters. The largest absolute Gasteiger partial charge is 0.311 e. The Hall–Kier alpha value is -1.94. The fourth-order valence-electron chi connectivity index (χ4n) is 4.28. The Morgan fingerprint density at radius 3 is 2.82 bits per heavy atom. The lowest BCUT2D eigenvalue weighted by Gasteiger charge is -2.26. The first-order chi connectivity index (χ1) is 13.8. The Kier molecular flexibility index (Phi) is 5.06. The molecule has 0 amide bonds. The smallest absolute Gasteiger partial charge is 0.0564 e. The van der Waals surface area contributed by atoms with Gasteiger partial charge in [0.2, 0.25) is 0 Å². The highest BCUT2D eigenvalue weighted by Gasteiger charge is 2.24. The molecular weight excluding hydrogens is 384 g/mol. The van der Waals surface area contributed by atoms with Gasteiger partial charge in [-0.1, -0.05) is 60.1 Å². The summed E-state index contributed by atoms with van der Waals surface area (Å²) in [5, 5.41) is 6.99. The van der Waals surface area contributed by atoms with Crippen molar-refractivity contribution in [2.45, 2.75) is 30.2 Å². The molecule has 3 aromatic carbocycles. The summed E-state index contributed by atoms with van der Waals surface area (Å²) < 4.78 is 2.44. The summed E-state index contributed by atoms with van der Waals surface area (Å²) in [4.78, 5) is 1.32. The van der Waals surface area contributed by atoms with Crippen LogP contribution in [0.15, 0.2) is 71.6 Å². The molecule has 0 aromatic heterocycles. The SMILES string of the molecule is Clc1ccc2c3c(cccc13)SN2CCCC1CC(c2ccccc2)=CCN1. The van der Waals surface area contributed by atoms with Gasteiger partial charge in [0.1, 0.15) is 0 Å². The van der Waals surface area contributed by atoms with E-state index in [-0.39, 0.29) is 0 Å². The van der Waals surface area contributed by atoms with Gasteiger partial charge < -0.3 is 9.62 Å². The molecule has 0 aliphatic carbocycles. The lowest BCUT2D eigenvalue weighted by molar-refractivity contribution is 0.489. The van der Waals surface area contributed by atoms with E-state index in [1.54, 1.807) is 0 Å². The predicted molar refractivity (Wildman–Crippen MR) is 122 cm³/mol. The molecule has 1 N–H and O–H groups in total. The van der Waals surface area contributed by atoms with Crippen LogP contribution in [-0.2, 0) is 0 Å². The number of rotatable bonds is 5. The van der Waals surface area contributed by atoms with E-state index in [4.69, 9.17) is 11.6 Å². The van der Waals surface area contributed by atoms with Crippen molar-refractivity contribution < 1.29 is 0 Å². The second-order valence-electron chi connectivity index (χ2n) is 7.49. The van der Waals surface area contributed by atoms with Crippen LogP contribution >= 0.6 is 23.5 Å². The lowest BCUT2D eigenvalue weighted by atomic mass is 9.93. The molecule has 0 spiro atoms. The maximum atomic E-state index is 6.41. The van der Waals surface area contributed by atoms with Crippen LogP contribution in [0, 0.1) is 0 Å². The molecule has 28 heavy (non-hydrogen) atoms. The van der Waals surface area contributed by atoms with E-state index in [1.807, 2.05) is 18.0 Å². The molecule has 2 nitrogen and oxygen atoms in total.